The predicted molar refractivity (Wildman–Crippen MR) is 75.1 cm³/mol. The third-order valence-corrected chi connectivity index (χ3v) is 3.53. The van der Waals surface area contributed by atoms with E-state index in [1.54, 1.807) is 0 Å². The minimum absolute atomic E-state index is 0.616. The lowest BCUT2D eigenvalue weighted by Crippen LogP contribution is -2.55. The van der Waals surface area contributed by atoms with E-state index in [1.165, 1.54) is 6.92 Å². The second-order valence-electron chi connectivity index (χ2n) is 5.17. The minimum atomic E-state index is -1.96. The lowest BCUT2D eigenvalue weighted by atomic mass is 9.90. The molecule has 126 valence electrons. The summed E-state index contributed by atoms with van der Waals surface area (Å²) in [5, 5.41) is 19.9. The van der Waals surface area contributed by atoms with Gasteiger partial charge in [-0.05, 0) is 6.92 Å². The minimum Gasteiger partial charge on any atom is -0.391 e. The molecule has 10 heteroatoms. The number of ether oxygens (including phenoxy) is 1. The molecule has 1 aliphatic heterocycles. The summed E-state index contributed by atoms with van der Waals surface area (Å²) in [6, 6.07) is 0. The quantitative estimate of drug-likeness (QED) is 0.473. The van der Waals surface area contributed by atoms with Crippen LogP contribution in [-0.4, -0.2) is 50.3 Å². The second kappa shape index (κ2) is 6.21. The highest BCUT2D eigenvalue weighted by Gasteiger charge is 2.56. The molecular weight excluding hydrogens is 314 g/mol. The molecule has 0 saturated carbocycles. The van der Waals surface area contributed by atoms with Crippen molar-refractivity contribution < 1.29 is 23.7 Å². The van der Waals surface area contributed by atoms with Gasteiger partial charge in [-0.1, -0.05) is 11.8 Å². The van der Waals surface area contributed by atoms with Crippen molar-refractivity contribution in [2.75, 3.05) is 12.4 Å². The number of halogens is 2. The first-order valence-corrected chi connectivity index (χ1v) is 6.63. The van der Waals surface area contributed by atoms with Gasteiger partial charge in [0, 0.05) is 0 Å². The average molecular weight is 330 g/mol. The van der Waals surface area contributed by atoms with Gasteiger partial charge in [-0.2, -0.15) is 4.98 Å². The van der Waals surface area contributed by atoms with E-state index in [1.807, 2.05) is 5.92 Å². The number of aliphatic hydroxyl groups is 2. The molecule has 0 amide bonds. The lowest BCUT2D eigenvalue weighted by molar-refractivity contribution is -0.0780. The first-order valence-electron chi connectivity index (χ1n) is 6.63. The largest absolute Gasteiger partial charge is 0.391 e. The fraction of sp³-hybridized carbons (Fsp3) is 0.538. The third-order valence-electron chi connectivity index (χ3n) is 3.53. The summed E-state index contributed by atoms with van der Waals surface area (Å²) in [4.78, 5) is 15.2. The van der Waals surface area contributed by atoms with Crippen LogP contribution in [-0.2, 0) is 4.74 Å². The van der Waals surface area contributed by atoms with Crippen LogP contribution in [0, 0.1) is 17.7 Å². The third kappa shape index (κ3) is 2.91. The highest BCUT2D eigenvalue weighted by molar-refractivity contribution is 5.29. The molecule has 8 nitrogen and oxygen atoms in total. The summed E-state index contributed by atoms with van der Waals surface area (Å²) in [5.41, 5.74) is 8.23. The van der Waals surface area contributed by atoms with Gasteiger partial charge < -0.3 is 26.4 Å². The van der Waals surface area contributed by atoms with Crippen molar-refractivity contribution in [3.05, 3.63) is 22.5 Å². The SMILES string of the molecule is C[C@@H](O)[C@H]1O[C@@H](n2cc(F)c(N)nc2=O)[C@@](N)(C#CCF)C1O. The summed E-state index contributed by atoms with van der Waals surface area (Å²) in [5.74, 6) is 2.70. The molecule has 1 aliphatic rings. The van der Waals surface area contributed by atoms with Crippen LogP contribution in [0.3, 0.4) is 0 Å². The Morgan fingerprint density at radius 3 is 2.87 bits per heavy atom. The number of nitrogen functional groups attached to an aromatic ring is 1. The maximum Gasteiger partial charge on any atom is 0.351 e. The molecule has 0 bridgehead atoms. The number of nitrogens with two attached hydrogens (primary N) is 2. The lowest BCUT2D eigenvalue weighted by Gasteiger charge is -2.28. The van der Waals surface area contributed by atoms with Crippen molar-refractivity contribution in [3.8, 4) is 11.8 Å². The molecule has 1 saturated heterocycles. The topological polar surface area (TPSA) is 137 Å². The van der Waals surface area contributed by atoms with Gasteiger partial charge in [-0.25, -0.2) is 13.6 Å². The predicted octanol–water partition coefficient (Wildman–Crippen LogP) is -1.73. The van der Waals surface area contributed by atoms with E-state index in [9.17, 15) is 23.8 Å². The summed E-state index contributed by atoms with van der Waals surface area (Å²) in [6.07, 6.45) is -4.74. The van der Waals surface area contributed by atoms with E-state index in [-0.39, 0.29) is 0 Å². The molecule has 1 fully saturated rings. The Morgan fingerprint density at radius 2 is 2.30 bits per heavy atom. The molecule has 0 radical (unpaired) electrons. The van der Waals surface area contributed by atoms with E-state index in [0.717, 1.165) is 0 Å². The van der Waals surface area contributed by atoms with Gasteiger partial charge >= 0.3 is 5.69 Å². The second-order valence-corrected chi connectivity index (χ2v) is 5.17. The van der Waals surface area contributed by atoms with E-state index in [0.29, 0.717) is 10.8 Å². The number of rotatable bonds is 2. The summed E-state index contributed by atoms with van der Waals surface area (Å²) in [7, 11) is 0. The van der Waals surface area contributed by atoms with Crippen molar-refractivity contribution in [3.63, 3.8) is 0 Å². The molecule has 1 unspecified atom stereocenters. The van der Waals surface area contributed by atoms with Gasteiger partial charge in [-0.15, -0.1) is 0 Å². The molecule has 0 aliphatic carbocycles. The monoisotopic (exact) mass is 330 g/mol. The smallest absolute Gasteiger partial charge is 0.351 e. The van der Waals surface area contributed by atoms with Crippen LogP contribution in [0.5, 0.6) is 0 Å². The Labute approximate surface area is 129 Å². The Morgan fingerprint density at radius 1 is 1.65 bits per heavy atom. The van der Waals surface area contributed by atoms with Crippen LogP contribution in [0.1, 0.15) is 13.2 Å². The molecule has 6 N–H and O–H groups in total. The molecule has 0 aromatic carbocycles. The number of hydrogen-bond acceptors (Lipinski definition) is 7. The normalized spacial score (nSPS) is 31.5. The van der Waals surface area contributed by atoms with Gasteiger partial charge in [-0.3, -0.25) is 4.57 Å². The van der Waals surface area contributed by atoms with Crippen molar-refractivity contribution in [1.29, 1.82) is 0 Å². The maximum absolute atomic E-state index is 13.6. The van der Waals surface area contributed by atoms with Crippen LogP contribution in [0.15, 0.2) is 11.0 Å². The summed E-state index contributed by atoms with van der Waals surface area (Å²) >= 11 is 0. The fourth-order valence-electron chi connectivity index (χ4n) is 2.37. The van der Waals surface area contributed by atoms with Gasteiger partial charge in [0.1, 0.15) is 18.9 Å². The molecule has 2 rings (SSSR count). The van der Waals surface area contributed by atoms with Gasteiger partial charge in [0.15, 0.2) is 23.4 Å². The van der Waals surface area contributed by atoms with Crippen LogP contribution < -0.4 is 17.2 Å². The van der Waals surface area contributed by atoms with Crippen LogP contribution >= 0.6 is 0 Å². The average Bonchev–Trinajstić information content (AvgIpc) is 2.74. The van der Waals surface area contributed by atoms with E-state index in [4.69, 9.17) is 16.2 Å². The Balaban J connectivity index is 2.58. The van der Waals surface area contributed by atoms with Crippen LogP contribution in [0.4, 0.5) is 14.6 Å². The highest BCUT2D eigenvalue weighted by Crippen LogP contribution is 2.37. The molecule has 5 atom stereocenters. The molecule has 1 aromatic heterocycles. The number of aromatic nitrogens is 2. The highest BCUT2D eigenvalue weighted by atomic mass is 19.1. The molecule has 23 heavy (non-hydrogen) atoms. The Kier molecular flexibility index (Phi) is 4.67. The molecule has 2 heterocycles. The number of nitrogens with zero attached hydrogens (tertiary/aromatic N) is 2. The number of aliphatic hydroxyl groups excluding tert-OH is 2. The zero-order valence-corrected chi connectivity index (χ0v) is 12.1. The van der Waals surface area contributed by atoms with Crippen LogP contribution in [0.2, 0.25) is 0 Å². The summed E-state index contributed by atoms with van der Waals surface area (Å²) in [6.45, 7) is 0.269. The standard InChI is InChI=1S/C13H16F2N4O4/c1-6(20)8-9(21)13(17,3-2-4-14)11(23-8)19-5-7(15)10(16)18-12(19)22/h5-6,8-9,11,20-21H,4,17H2,1H3,(H2,16,18,22)/t6-,8-,9?,11-,13-/m1/s1. The molecule has 0 spiro atoms. The van der Waals surface area contributed by atoms with Crippen molar-refractivity contribution in [1.82, 2.24) is 9.55 Å². The van der Waals surface area contributed by atoms with Crippen molar-refractivity contribution in [2.24, 2.45) is 5.73 Å². The van der Waals surface area contributed by atoms with Crippen molar-refractivity contribution >= 4 is 5.82 Å². The zero-order chi connectivity index (χ0) is 17.4. The molecular formula is C13H16F2N4O4. The first-order chi connectivity index (χ1) is 10.7. The van der Waals surface area contributed by atoms with E-state index in [2.05, 4.69) is 10.9 Å². The number of alkyl halides is 1. The Bertz CT molecular complexity index is 714. The van der Waals surface area contributed by atoms with Crippen LogP contribution in [0.25, 0.3) is 0 Å². The van der Waals surface area contributed by atoms with Gasteiger partial charge in [0.25, 0.3) is 0 Å². The van der Waals surface area contributed by atoms with E-state index >= 15 is 0 Å². The maximum atomic E-state index is 13.6. The molecule has 1 aromatic rings. The van der Waals surface area contributed by atoms with Gasteiger partial charge in [0.05, 0.1) is 12.3 Å². The number of anilines is 1. The zero-order valence-electron chi connectivity index (χ0n) is 12.1. The van der Waals surface area contributed by atoms with Crippen molar-refractivity contribution in [2.45, 2.75) is 37.0 Å². The van der Waals surface area contributed by atoms with Gasteiger partial charge in [0.2, 0.25) is 0 Å². The number of hydrogen-bond donors (Lipinski definition) is 4. The first kappa shape index (κ1) is 17.3. The fourth-order valence-corrected chi connectivity index (χ4v) is 2.37. The Hall–Kier alpha value is -2.06. The summed E-state index contributed by atoms with van der Waals surface area (Å²) < 4.78 is 32.0. The van der Waals surface area contributed by atoms with E-state index < -0.39 is 54.1 Å².